The minimum atomic E-state index is -1.16. The lowest BCUT2D eigenvalue weighted by Gasteiger charge is -2.14. The lowest BCUT2D eigenvalue weighted by atomic mass is 9.88. The number of anilines is 1. The number of esters is 3. The molecule has 2 aliphatic carbocycles. The molecule has 13 rings (SSSR count). The highest BCUT2D eigenvalue weighted by molar-refractivity contribution is 6.11. The van der Waals surface area contributed by atoms with Crippen molar-refractivity contribution in [2.45, 2.75) is 44.9 Å². The van der Waals surface area contributed by atoms with Gasteiger partial charge in [0.1, 0.15) is 74.4 Å². The number of fused-ring (bicyclic) bond motifs is 3. The Labute approximate surface area is 595 Å². The summed E-state index contributed by atoms with van der Waals surface area (Å²) >= 11 is 0. The first-order valence-electron chi connectivity index (χ1n) is 31.8. The Morgan fingerprint density at radius 1 is 0.438 bits per heavy atom. The van der Waals surface area contributed by atoms with Crippen LogP contribution in [-0.4, -0.2) is 124 Å². The predicted octanol–water partition coefficient (Wildman–Crippen LogP) is 12.8. The number of ketones is 3. The number of hydrogen-bond acceptors (Lipinski definition) is 25. The van der Waals surface area contributed by atoms with E-state index in [0.29, 0.717) is 121 Å². The van der Waals surface area contributed by atoms with Crippen LogP contribution >= 0.6 is 0 Å². The second-order valence-corrected chi connectivity index (χ2v) is 23.5. The quantitative estimate of drug-likeness (QED) is 0.0197. The van der Waals surface area contributed by atoms with Gasteiger partial charge in [0.15, 0.2) is 17.3 Å². The van der Waals surface area contributed by atoms with Gasteiger partial charge in [0, 0.05) is 103 Å². The van der Waals surface area contributed by atoms with Crippen molar-refractivity contribution in [2.24, 2.45) is 10.8 Å². The Balaban J connectivity index is 0.000000157. The molecule has 2 saturated carbocycles. The number of aromatic nitrogens is 6. The number of nitro groups is 1. The molecule has 2 fully saturated rings. The van der Waals surface area contributed by atoms with Gasteiger partial charge in [0.2, 0.25) is 17.6 Å². The van der Waals surface area contributed by atoms with Crippen molar-refractivity contribution in [1.29, 1.82) is 0 Å². The van der Waals surface area contributed by atoms with Crippen LogP contribution in [0.25, 0.3) is 32.7 Å². The Bertz CT molecular complexity index is 5100. The van der Waals surface area contributed by atoms with Gasteiger partial charge in [-0.15, -0.1) is 0 Å². The fraction of sp³-hybridized carbons (Fsp3) is 0.197. The predicted molar refractivity (Wildman–Crippen MR) is 373 cm³/mol. The lowest BCUT2D eigenvalue weighted by molar-refractivity contribution is -0.385. The van der Waals surface area contributed by atoms with Crippen LogP contribution in [0.1, 0.15) is 73.4 Å². The number of rotatable bonds is 23. The summed E-state index contributed by atoms with van der Waals surface area (Å²) in [7, 11) is 8.24. The smallest absolute Gasteiger partial charge is 0.341 e. The summed E-state index contributed by atoms with van der Waals surface area (Å²) in [5.74, 6) is -0.804. The summed E-state index contributed by atoms with van der Waals surface area (Å²) < 4.78 is 73.4. The molecule has 0 bridgehead atoms. The second-order valence-electron chi connectivity index (χ2n) is 23.5. The molecule has 0 aliphatic heterocycles. The average Bonchev–Trinajstić information content (AvgIpc) is 1.58. The van der Waals surface area contributed by atoms with Gasteiger partial charge in [-0.25, -0.2) is 38.1 Å². The molecule has 0 radical (unpaired) electrons. The van der Waals surface area contributed by atoms with Crippen molar-refractivity contribution < 1.29 is 95.0 Å². The molecule has 11 aromatic rings. The zero-order valence-electron chi connectivity index (χ0n) is 57.0. The highest BCUT2D eigenvalue weighted by Crippen LogP contribution is 2.49. The van der Waals surface area contributed by atoms with Gasteiger partial charge in [-0.3, -0.25) is 44.2 Å². The van der Waals surface area contributed by atoms with Crippen LogP contribution in [0.2, 0.25) is 0 Å². The third-order valence-electron chi connectivity index (χ3n) is 16.8. The number of benzene rings is 5. The number of nitrogen functional groups attached to an aromatic ring is 1. The first-order chi connectivity index (χ1) is 50.5. The topological polar surface area (TPSA) is 369 Å². The highest BCUT2D eigenvalue weighted by atomic mass is 19.1. The Morgan fingerprint density at radius 2 is 0.781 bits per heavy atom. The number of halogens is 2. The maximum Gasteiger partial charge on any atom is 0.341 e. The van der Waals surface area contributed by atoms with Crippen LogP contribution in [-0.2, 0) is 52.7 Å². The van der Waals surface area contributed by atoms with Gasteiger partial charge in [-0.05, 0) is 109 Å². The summed E-state index contributed by atoms with van der Waals surface area (Å²) in [6, 6.07) is 35.3. The molecule has 0 atom stereocenters. The monoisotopic (exact) mass is 1430 g/mol. The molecule has 27 nitrogen and oxygen atoms in total. The molecular weight excluding hydrogens is 1370 g/mol. The Kier molecular flexibility index (Phi) is 23.3. The Morgan fingerprint density at radius 3 is 1.09 bits per heavy atom. The number of aliphatic carboxylic acids is 1. The lowest BCUT2D eigenvalue weighted by Crippen LogP contribution is -2.28. The molecule has 6 heterocycles. The molecule has 0 amide bonds. The number of Topliss-reactive ketones (excluding diaryl/α,β-unsaturated/α-hetero) is 3. The summed E-state index contributed by atoms with van der Waals surface area (Å²) in [5.41, 5.74) is 8.32. The van der Waals surface area contributed by atoms with E-state index in [-0.39, 0.29) is 82.4 Å². The van der Waals surface area contributed by atoms with Gasteiger partial charge in [0.05, 0.1) is 81.4 Å². The maximum absolute atomic E-state index is 13.2. The number of nitrogens with two attached hydrogens (primary N) is 1. The van der Waals surface area contributed by atoms with Crippen molar-refractivity contribution in [3.05, 3.63) is 232 Å². The number of carboxylic acid groups (broad SMARTS) is 1. The number of ether oxygens (including phenoxy) is 9. The minimum absolute atomic E-state index is 0.0621. The number of carbonyl (C=O) groups is 7. The molecule has 0 spiro atoms. The molecular formula is C76H64F2N8O19. The zero-order chi connectivity index (χ0) is 75.1. The van der Waals surface area contributed by atoms with Crippen LogP contribution in [0, 0.1) is 32.6 Å². The summed E-state index contributed by atoms with van der Waals surface area (Å²) in [5, 5.41) is 21.3. The van der Waals surface area contributed by atoms with E-state index in [9.17, 15) is 52.5 Å². The average molecular weight is 1430 g/mol. The van der Waals surface area contributed by atoms with Crippen LogP contribution in [0.15, 0.2) is 177 Å². The molecule has 3 N–H and O–H groups in total. The molecule has 0 saturated heterocycles. The van der Waals surface area contributed by atoms with E-state index >= 15 is 0 Å². The first-order valence-corrected chi connectivity index (χ1v) is 31.8. The van der Waals surface area contributed by atoms with Gasteiger partial charge >= 0.3 is 23.9 Å². The molecule has 0 unspecified atom stereocenters. The Hall–Kier alpha value is -13.5. The van der Waals surface area contributed by atoms with Gasteiger partial charge in [-0.1, -0.05) is 30.3 Å². The van der Waals surface area contributed by atoms with Crippen molar-refractivity contribution in [3.8, 4) is 52.1 Å². The summed E-state index contributed by atoms with van der Waals surface area (Å²) in [6.07, 6.45) is 11.0. The van der Waals surface area contributed by atoms with Crippen molar-refractivity contribution in [1.82, 2.24) is 29.9 Å². The summed E-state index contributed by atoms with van der Waals surface area (Å²) in [6.45, 7) is 0. The standard InChI is InChI=1S/C30H25FN2O6.C17H13N3O6.C17H15N3O4.C12H11FO3/c1-37-25-16-23-21(15-22(25)29(36)38-2)24(9-12-32-23)39-28-8-5-19(17-33-28)14-27(35)30(10-11-30)26(34)13-18-3-6-20(31)7-4-18;1-24-15-8-13-11(7-12(15)17(21)25-2)14(5-6-18-13)26-16-4-3-10(9-19-16)20(22)23;1-22-15-8-13-11(7-12(15)17(21)23-2)14(5-6-19-13)24-16-4-3-10(18)9-20-16;13-9-3-1-8(2-4-9)7-10(14)12(5-6-12)11(15)16/h3-9,12,15-17H,10-11,13-14H2,1-2H3;3-9H,1-2H3;3-9H,18H2,1-2H3;1-4H,5-7H2,(H,15,16). The fourth-order valence-electron chi connectivity index (χ4n) is 10.8. The van der Waals surface area contributed by atoms with Crippen molar-refractivity contribution in [2.75, 3.05) is 48.4 Å². The fourth-order valence-corrected chi connectivity index (χ4v) is 10.8. The van der Waals surface area contributed by atoms with Crippen LogP contribution in [0.4, 0.5) is 20.2 Å². The van der Waals surface area contributed by atoms with E-state index in [0.717, 1.165) is 6.20 Å². The number of hydrogen-bond donors (Lipinski definition) is 2. The van der Waals surface area contributed by atoms with Crippen LogP contribution in [0.3, 0.4) is 0 Å². The summed E-state index contributed by atoms with van der Waals surface area (Å²) in [4.78, 5) is 120. The second kappa shape index (κ2) is 32.9. The number of nitrogens with zero attached hydrogens (tertiary/aromatic N) is 7. The van der Waals surface area contributed by atoms with Gasteiger partial charge in [-0.2, -0.15) is 0 Å². The van der Waals surface area contributed by atoms with E-state index in [1.54, 1.807) is 110 Å². The molecule has 536 valence electrons. The van der Waals surface area contributed by atoms with E-state index < -0.39 is 39.6 Å². The van der Waals surface area contributed by atoms with E-state index in [1.165, 1.54) is 104 Å². The SMILES string of the molecule is COC(=O)c1cc2c(Oc3ccc(CC(=O)C4(C(=O)Cc5ccc(F)cc5)CC4)cn3)ccnc2cc1OC.COC(=O)c1cc2c(Oc3ccc(N)cn3)ccnc2cc1OC.COC(=O)c1cc2c(Oc3ccc([N+](=O)[O-])cn3)ccnc2cc1OC.O=C(O)C1(C(=O)Cc2ccc(F)cc2)CC1. The molecule has 29 heteroatoms. The molecule has 2 aliphatic rings. The van der Waals surface area contributed by atoms with Gasteiger partial charge < -0.3 is 53.5 Å². The van der Waals surface area contributed by atoms with Crippen molar-refractivity contribution >= 4 is 85.3 Å². The third-order valence-corrected chi connectivity index (χ3v) is 16.8. The number of pyridine rings is 6. The maximum atomic E-state index is 13.2. The molecule has 6 aromatic heterocycles. The largest absolute Gasteiger partial charge is 0.496 e. The van der Waals surface area contributed by atoms with E-state index in [1.807, 2.05) is 0 Å². The normalized spacial score (nSPS) is 12.5. The van der Waals surface area contributed by atoms with Crippen molar-refractivity contribution in [3.63, 3.8) is 0 Å². The van der Waals surface area contributed by atoms with E-state index in [2.05, 4.69) is 29.9 Å². The number of carbonyl (C=O) groups excluding carboxylic acids is 6. The van der Waals surface area contributed by atoms with Gasteiger partial charge in [0.25, 0.3) is 5.69 Å². The highest BCUT2D eigenvalue weighted by Gasteiger charge is 2.56. The van der Waals surface area contributed by atoms with Crippen LogP contribution in [0.5, 0.6) is 52.1 Å². The minimum Gasteiger partial charge on any atom is -0.496 e. The third kappa shape index (κ3) is 17.6. The zero-order valence-corrected chi connectivity index (χ0v) is 57.0. The van der Waals surface area contributed by atoms with E-state index in [4.69, 9.17) is 53.5 Å². The molecule has 5 aromatic carbocycles. The van der Waals surface area contributed by atoms with Crippen LogP contribution < -0.4 is 34.2 Å². The molecule has 105 heavy (non-hydrogen) atoms. The number of methoxy groups -OCH3 is 6. The number of carboxylic acids is 1. The first kappa shape index (κ1) is 74.2.